The molecule has 4 aromatic rings. The third-order valence-corrected chi connectivity index (χ3v) is 6.00. The Balaban J connectivity index is 1.59. The number of fused-ring (bicyclic) bond motifs is 1. The first kappa shape index (κ1) is 20.0. The van der Waals surface area contributed by atoms with E-state index in [2.05, 4.69) is 21.7 Å². The summed E-state index contributed by atoms with van der Waals surface area (Å²) in [5.41, 5.74) is 4.14. The molecule has 0 saturated heterocycles. The van der Waals surface area contributed by atoms with Crippen LogP contribution in [0.25, 0.3) is 10.9 Å². The molecule has 0 aliphatic heterocycles. The molecule has 0 saturated carbocycles. The van der Waals surface area contributed by atoms with Gasteiger partial charge in [0.25, 0.3) is 0 Å². The van der Waals surface area contributed by atoms with Gasteiger partial charge in [-0.2, -0.15) is 11.3 Å². The van der Waals surface area contributed by atoms with Crippen molar-refractivity contribution in [2.45, 2.75) is 18.9 Å². The van der Waals surface area contributed by atoms with Crippen molar-refractivity contribution in [2.24, 2.45) is 0 Å². The van der Waals surface area contributed by atoms with Gasteiger partial charge in [0.1, 0.15) is 11.5 Å². The molecule has 1 atom stereocenters. The smallest absolute Gasteiger partial charge is 0.221 e. The number of para-hydroxylation sites is 1. The van der Waals surface area contributed by atoms with Crippen LogP contribution < -0.4 is 14.8 Å². The molecule has 0 aliphatic rings. The highest BCUT2D eigenvalue weighted by Gasteiger charge is 2.23. The molecule has 154 valence electrons. The Morgan fingerprint density at radius 2 is 1.87 bits per heavy atom. The van der Waals surface area contributed by atoms with Crippen LogP contribution in [0.5, 0.6) is 11.5 Å². The number of aromatic nitrogens is 1. The maximum Gasteiger partial charge on any atom is 0.221 e. The molecule has 0 bridgehead atoms. The van der Waals surface area contributed by atoms with E-state index >= 15 is 0 Å². The highest BCUT2D eigenvalue weighted by molar-refractivity contribution is 7.08. The number of nitrogens with one attached hydrogen (secondary N) is 2. The minimum atomic E-state index is -0.0704. The van der Waals surface area contributed by atoms with Crippen LogP contribution in [0.2, 0.25) is 0 Å². The molecule has 0 spiro atoms. The van der Waals surface area contributed by atoms with E-state index in [-0.39, 0.29) is 11.8 Å². The minimum Gasteiger partial charge on any atom is -0.496 e. The number of rotatable bonds is 8. The molecule has 6 heteroatoms. The lowest BCUT2D eigenvalue weighted by Gasteiger charge is -2.17. The van der Waals surface area contributed by atoms with E-state index in [0.717, 1.165) is 39.1 Å². The highest BCUT2D eigenvalue weighted by atomic mass is 32.1. The lowest BCUT2D eigenvalue weighted by molar-refractivity contribution is -0.121. The number of H-pyrrole nitrogens is 1. The molecule has 0 radical (unpaired) electrons. The first-order chi connectivity index (χ1) is 14.7. The zero-order valence-corrected chi connectivity index (χ0v) is 17.8. The molecule has 2 heterocycles. The number of aromatic amines is 1. The lowest BCUT2D eigenvalue weighted by atomic mass is 9.89. The third-order valence-electron chi connectivity index (χ3n) is 5.30. The van der Waals surface area contributed by atoms with Crippen LogP contribution in [0.15, 0.2) is 65.5 Å². The van der Waals surface area contributed by atoms with Crippen molar-refractivity contribution >= 4 is 28.1 Å². The van der Waals surface area contributed by atoms with Crippen molar-refractivity contribution in [3.63, 3.8) is 0 Å². The van der Waals surface area contributed by atoms with E-state index in [1.54, 1.807) is 25.6 Å². The molecule has 2 aromatic heterocycles. The van der Waals surface area contributed by atoms with E-state index in [0.29, 0.717) is 13.0 Å². The van der Waals surface area contributed by atoms with E-state index in [9.17, 15) is 4.79 Å². The Bertz CT molecular complexity index is 1130. The molecule has 0 aliphatic carbocycles. The van der Waals surface area contributed by atoms with Crippen molar-refractivity contribution < 1.29 is 14.3 Å². The maximum absolute atomic E-state index is 12.9. The Kier molecular flexibility index (Phi) is 6.05. The van der Waals surface area contributed by atoms with Gasteiger partial charge in [-0.3, -0.25) is 4.79 Å². The summed E-state index contributed by atoms with van der Waals surface area (Å²) in [4.78, 5) is 16.2. The Morgan fingerprint density at radius 3 is 2.63 bits per heavy atom. The van der Waals surface area contributed by atoms with Gasteiger partial charge < -0.3 is 19.8 Å². The van der Waals surface area contributed by atoms with Crippen molar-refractivity contribution in [3.05, 3.63) is 82.2 Å². The summed E-state index contributed by atoms with van der Waals surface area (Å²) in [5, 5.41) is 8.22. The average molecular weight is 421 g/mol. The number of hydrogen-bond donors (Lipinski definition) is 2. The van der Waals surface area contributed by atoms with Crippen LogP contribution in [0.1, 0.15) is 29.0 Å². The van der Waals surface area contributed by atoms with Gasteiger partial charge in [-0.1, -0.05) is 24.3 Å². The van der Waals surface area contributed by atoms with Crippen molar-refractivity contribution in [1.29, 1.82) is 0 Å². The summed E-state index contributed by atoms with van der Waals surface area (Å²) in [7, 11) is 3.31. The Morgan fingerprint density at radius 1 is 1.07 bits per heavy atom. The second-order valence-electron chi connectivity index (χ2n) is 7.03. The van der Waals surface area contributed by atoms with Crippen LogP contribution in [0.4, 0.5) is 0 Å². The van der Waals surface area contributed by atoms with Gasteiger partial charge in [0.05, 0.1) is 14.2 Å². The molecule has 1 amide bonds. The van der Waals surface area contributed by atoms with Crippen LogP contribution in [-0.2, 0) is 11.3 Å². The molecule has 2 aromatic carbocycles. The number of hydrogen-bond acceptors (Lipinski definition) is 4. The Labute approximate surface area is 179 Å². The van der Waals surface area contributed by atoms with Crippen molar-refractivity contribution in [3.8, 4) is 11.5 Å². The zero-order chi connectivity index (χ0) is 20.9. The Hall–Kier alpha value is -3.25. The minimum absolute atomic E-state index is 0.0126. The fourth-order valence-electron chi connectivity index (χ4n) is 3.80. The first-order valence-corrected chi connectivity index (χ1v) is 10.7. The molecule has 4 rings (SSSR count). The predicted octanol–water partition coefficient (Wildman–Crippen LogP) is 5.09. The van der Waals surface area contributed by atoms with Gasteiger partial charge in [-0.15, -0.1) is 0 Å². The van der Waals surface area contributed by atoms with Crippen LogP contribution in [-0.4, -0.2) is 25.1 Å². The number of benzene rings is 2. The van der Waals surface area contributed by atoms with Crippen LogP contribution in [0, 0.1) is 0 Å². The summed E-state index contributed by atoms with van der Waals surface area (Å²) < 4.78 is 11.0. The van der Waals surface area contributed by atoms with Gasteiger partial charge >= 0.3 is 0 Å². The van der Waals surface area contributed by atoms with Crippen molar-refractivity contribution in [2.75, 3.05) is 14.2 Å². The monoisotopic (exact) mass is 420 g/mol. The van der Waals surface area contributed by atoms with Crippen molar-refractivity contribution in [1.82, 2.24) is 10.3 Å². The zero-order valence-electron chi connectivity index (χ0n) is 17.0. The van der Waals surface area contributed by atoms with Gasteiger partial charge in [0, 0.05) is 41.5 Å². The van der Waals surface area contributed by atoms with Gasteiger partial charge in [0.15, 0.2) is 0 Å². The number of methoxy groups -OCH3 is 2. The molecule has 0 fully saturated rings. The molecular formula is C24H24N2O3S. The number of ether oxygens (including phenoxy) is 2. The second kappa shape index (κ2) is 9.05. The normalized spacial score (nSPS) is 11.9. The molecular weight excluding hydrogens is 396 g/mol. The van der Waals surface area contributed by atoms with E-state index < -0.39 is 0 Å². The van der Waals surface area contributed by atoms with Crippen LogP contribution in [0.3, 0.4) is 0 Å². The topological polar surface area (TPSA) is 63.3 Å². The predicted molar refractivity (Wildman–Crippen MR) is 120 cm³/mol. The second-order valence-corrected chi connectivity index (χ2v) is 7.81. The van der Waals surface area contributed by atoms with E-state index in [4.69, 9.17) is 9.47 Å². The number of thiophene rings is 1. The summed E-state index contributed by atoms with van der Waals surface area (Å²) in [6.07, 6.45) is 2.33. The summed E-state index contributed by atoms with van der Waals surface area (Å²) in [6.45, 7) is 0.427. The third kappa shape index (κ3) is 4.04. The van der Waals surface area contributed by atoms with Gasteiger partial charge in [-0.25, -0.2) is 0 Å². The summed E-state index contributed by atoms with van der Waals surface area (Å²) in [6, 6.07) is 15.7. The fourth-order valence-corrected chi connectivity index (χ4v) is 4.52. The number of amides is 1. The van der Waals surface area contributed by atoms with E-state index in [1.165, 1.54) is 0 Å². The van der Waals surface area contributed by atoms with Gasteiger partial charge in [0.2, 0.25) is 5.91 Å². The highest BCUT2D eigenvalue weighted by Crippen LogP contribution is 2.38. The fraction of sp³-hybridized carbons (Fsp3) is 0.208. The average Bonchev–Trinajstić information content (AvgIpc) is 3.46. The molecule has 30 heavy (non-hydrogen) atoms. The SMILES string of the molecule is COc1ccccc1CNC(=O)C[C@H](c1ccsc1)c1c[nH]c2cccc(OC)c12. The maximum atomic E-state index is 12.9. The standard InChI is InChI=1S/C24H24N2O3S/c1-28-21-8-4-3-6-16(21)13-26-23(27)12-18(17-10-11-30-15-17)19-14-25-20-7-5-9-22(29-2)24(19)20/h3-11,14-15,18,25H,12-13H2,1-2H3,(H,26,27)/t18-/m1/s1. The van der Waals surface area contributed by atoms with Crippen LogP contribution >= 0.6 is 11.3 Å². The first-order valence-electron chi connectivity index (χ1n) is 9.76. The molecule has 0 unspecified atom stereocenters. The summed E-state index contributed by atoms with van der Waals surface area (Å²) >= 11 is 1.63. The quantitative estimate of drug-likeness (QED) is 0.418. The van der Waals surface area contributed by atoms with E-state index in [1.807, 2.05) is 54.0 Å². The number of carbonyl (C=O) groups is 1. The number of carbonyl (C=O) groups excluding carboxylic acids is 1. The molecule has 2 N–H and O–H groups in total. The summed E-state index contributed by atoms with van der Waals surface area (Å²) in [5.74, 6) is 1.49. The molecule has 5 nitrogen and oxygen atoms in total. The van der Waals surface area contributed by atoms with Gasteiger partial charge in [-0.05, 0) is 46.2 Å². The largest absolute Gasteiger partial charge is 0.496 e. The lowest BCUT2D eigenvalue weighted by Crippen LogP contribution is -2.25.